The van der Waals surface area contributed by atoms with E-state index in [-0.39, 0.29) is 12.1 Å². The van der Waals surface area contributed by atoms with Crippen LogP contribution in [0.5, 0.6) is 0 Å². The Morgan fingerprint density at radius 3 is 2.75 bits per heavy atom. The molecule has 0 aromatic heterocycles. The molecule has 0 radical (unpaired) electrons. The number of carbonyl (C=O) groups is 1. The second kappa shape index (κ2) is 3.32. The minimum absolute atomic E-state index is 0.0122. The van der Waals surface area contributed by atoms with Crippen LogP contribution in [0.2, 0.25) is 0 Å². The first-order chi connectivity index (χ1) is 5.65. The van der Waals surface area contributed by atoms with Crippen LogP contribution in [0.1, 0.15) is 12.8 Å². The first-order valence-electron chi connectivity index (χ1n) is 3.65. The molecule has 1 saturated carbocycles. The van der Waals surface area contributed by atoms with Crippen molar-refractivity contribution in [2.75, 3.05) is 7.05 Å². The Morgan fingerprint density at radius 2 is 2.33 bits per heavy atom. The Kier molecular flexibility index (Phi) is 2.40. The summed E-state index contributed by atoms with van der Waals surface area (Å²) in [5.41, 5.74) is 8.06. The monoisotopic (exact) mass is 170 g/mol. The zero-order chi connectivity index (χ0) is 9.14. The molecule has 12 heavy (non-hydrogen) atoms. The second-order valence-corrected chi connectivity index (χ2v) is 2.88. The highest BCUT2D eigenvalue weighted by Crippen LogP contribution is 2.27. The highest BCUT2D eigenvalue weighted by Gasteiger charge is 2.33. The summed E-state index contributed by atoms with van der Waals surface area (Å²) in [5, 5.41) is 12.0. The van der Waals surface area contributed by atoms with Crippen molar-refractivity contribution in [3.63, 3.8) is 0 Å². The Hall–Kier alpha value is -1.42. The molecule has 1 fully saturated rings. The van der Waals surface area contributed by atoms with E-state index >= 15 is 0 Å². The fraction of sp³-hybridized carbons (Fsp3) is 0.833. The van der Waals surface area contributed by atoms with Gasteiger partial charge in [-0.3, -0.25) is 0 Å². The molecule has 0 spiro atoms. The lowest BCUT2D eigenvalue weighted by Gasteiger charge is -2.37. The number of hydrogen-bond acceptors (Lipinski definition) is 2. The number of rotatable bonds is 2. The number of hydrogen-bond donors (Lipinski definition) is 1. The lowest BCUT2D eigenvalue weighted by Crippen LogP contribution is -2.46. The van der Waals surface area contributed by atoms with Crippen LogP contribution in [-0.2, 0) is 0 Å². The number of carboxylic acid groups (broad SMARTS) is 1. The van der Waals surface area contributed by atoms with Gasteiger partial charge in [0.1, 0.15) is 0 Å². The third-order valence-electron chi connectivity index (χ3n) is 2.15. The molecule has 0 atom stereocenters. The molecule has 1 aliphatic carbocycles. The molecule has 0 aromatic rings. The van der Waals surface area contributed by atoms with Crippen LogP contribution in [0, 0.1) is 0 Å². The zero-order valence-electron chi connectivity index (χ0n) is 6.71. The van der Waals surface area contributed by atoms with Crippen LogP contribution >= 0.6 is 0 Å². The smallest absolute Gasteiger partial charge is 0.407 e. The topological polar surface area (TPSA) is 89.3 Å². The van der Waals surface area contributed by atoms with E-state index in [0.717, 1.165) is 0 Å². The summed E-state index contributed by atoms with van der Waals surface area (Å²) < 4.78 is 0. The van der Waals surface area contributed by atoms with Crippen LogP contribution in [0.15, 0.2) is 5.11 Å². The van der Waals surface area contributed by atoms with Gasteiger partial charge in [0.25, 0.3) is 0 Å². The normalized spacial score (nSPS) is 26.8. The third-order valence-corrected chi connectivity index (χ3v) is 2.15. The fourth-order valence-electron chi connectivity index (χ4n) is 1.20. The van der Waals surface area contributed by atoms with E-state index in [9.17, 15) is 4.79 Å². The maximum atomic E-state index is 10.4. The summed E-state index contributed by atoms with van der Waals surface area (Å²) in [5.74, 6) is 0. The van der Waals surface area contributed by atoms with E-state index in [1.54, 1.807) is 0 Å². The lowest BCUT2D eigenvalue weighted by atomic mass is 9.87. The molecule has 6 nitrogen and oxygen atoms in total. The van der Waals surface area contributed by atoms with E-state index in [0.29, 0.717) is 12.8 Å². The van der Waals surface area contributed by atoms with Gasteiger partial charge < -0.3 is 10.0 Å². The van der Waals surface area contributed by atoms with Crippen molar-refractivity contribution in [2.24, 2.45) is 5.11 Å². The first kappa shape index (κ1) is 8.67. The molecule has 0 saturated heterocycles. The average molecular weight is 170 g/mol. The zero-order valence-corrected chi connectivity index (χ0v) is 6.71. The summed E-state index contributed by atoms with van der Waals surface area (Å²) >= 11 is 0. The van der Waals surface area contributed by atoms with E-state index in [1.165, 1.54) is 11.9 Å². The molecule has 6 heteroatoms. The Bertz CT molecular complexity index is 230. The molecule has 0 unspecified atom stereocenters. The maximum Gasteiger partial charge on any atom is 0.407 e. The predicted octanol–water partition coefficient (Wildman–Crippen LogP) is 1.44. The van der Waals surface area contributed by atoms with E-state index in [4.69, 9.17) is 10.6 Å². The van der Waals surface area contributed by atoms with Crippen molar-refractivity contribution in [1.82, 2.24) is 4.90 Å². The quantitative estimate of drug-likeness (QED) is 0.386. The largest absolute Gasteiger partial charge is 0.465 e. The van der Waals surface area contributed by atoms with Crippen LogP contribution in [-0.4, -0.2) is 35.2 Å². The molecule has 1 amide bonds. The highest BCUT2D eigenvalue weighted by atomic mass is 16.4. The average Bonchev–Trinajstić information content (AvgIpc) is 1.94. The molecule has 1 rings (SSSR count). The van der Waals surface area contributed by atoms with Gasteiger partial charge in [0.2, 0.25) is 0 Å². The molecule has 0 heterocycles. The van der Waals surface area contributed by atoms with Gasteiger partial charge in [-0.25, -0.2) is 4.79 Å². The summed E-state index contributed by atoms with van der Waals surface area (Å²) in [6.45, 7) is 0. The van der Waals surface area contributed by atoms with Gasteiger partial charge >= 0.3 is 6.09 Å². The number of nitrogens with zero attached hydrogens (tertiary/aromatic N) is 4. The lowest BCUT2D eigenvalue weighted by molar-refractivity contribution is 0.106. The third kappa shape index (κ3) is 1.60. The molecule has 0 aliphatic heterocycles. The number of amides is 1. The van der Waals surface area contributed by atoms with Gasteiger partial charge in [0.15, 0.2) is 0 Å². The molecular weight excluding hydrogens is 160 g/mol. The summed E-state index contributed by atoms with van der Waals surface area (Å²) in [6, 6.07) is 0.0137. The second-order valence-electron chi connectivity index (χ2n) is 2.88. The van der Waals surface area contributed by atoms with E-state index in [2.05, 4.69) is 10.0 Å². The summed E-state index contributed by atoms with van der Waals surface area (Å²) in [4.78, 5) is 14.3. The van der Waals surface area contributed by atoms with Crippen LogP contribution in [0.4, 0.5) is 4.79 Å². The molecule has 0 aromatic carbocycles. The summed E-state index contributed by atoms with van der Waals surface area (Å²) in [6.07, 6.45) is 0.360. The molecule has 1 N–H and O–H groups in total. The SMILES string of the molecule is CN(C(=O)O)[C@H]1C[C@H](N=[N+]=[N-])C1. The van der Waals surface area contributed by atoms with Gasteiger partial charge in [-0.2, -0.15) is 0 Å². The van der Waals surface area contributed by atoms with Crippen molar-refractivity contribution in [2.45, 2.75) is 24.9 Å². The Labute approximate surface area is 69.4 Å². The predicted molar refractivity (Wildman–Crippen MR) is 41.7 cm³/mol. The van der Waals surface area contributed by atoms with Gasteiger partial charge in [-0.1, -0.05) is 5.11 Å². The van der Waals surface area contributed by atoms with Gasteiger partial charge in [-0.15, -0.1) is 0 Å². The van der Waals surface area contributed by atoms with Crippen LogP contribution in [0.3, 0.4) is 0 Å². The van der Waals surface area contributed by atoms with E-state index in [1.807, 2.05) is 0 Å². The van der Waals surface area contributed by atoms with Crippen molar-refractivity contribution in [3.8, 4) is 0 Å². The van der Waals surface area contributed by atoms with Gasteiger partial charge in [0.05, 0.1) is 0 Å². The summed E-state index contributed by atoms with van der Waals surface area (Å²) in [7, 11) is 1.53. The highest BCUT2D eigenvalue weighted by molar-refractivity contribution is 5.65. The van der Waals surface area contributed by atoms with Gasteiger partial charge in [-0.05, 0) is 18.4 Å². The molecule has 66 valence electrons. The standard InChI is InChI=1S/C6H10N4O2/c1-10(6(11)12)5-2-4(3-5)8-9-7/h4-5H,2-3H2,1H3,(H,11,12)/t4-,5-. The maximum absolute atomic E-state index is 10.4. The number of azide groups is 1. The van der Waals surface area contributed by atoms with E-state index < -0.39 is 6.09 Å². The van der Waals surface area contributed by atoms with Crippen molar-refractivity contribution >= 4 is 6.09 Å². The Morgan fingerprint density at radius 1 is 1.75 bits per heavy atom. The minimum Gasteiger partial charge on any atom is -0.465 e. The minimum atomic E-state index is -0.931. The molecule has 0 bridgehead atoms. The van der Waals surface area contributed by atoms with Gasteiger partial charge in [0, 0.05) is 24.0 Å². The Balaban J connectivity index is 2.34. The van der Waals surface area contributed by atoms with Crippen LogP contribution < -0.4 is 0 Å². The fourth-order valence-corrected chi connectivity index (χ4v) is 1.20. The van der Waals surface area contributed by atoms with Crippen LogP contribution in [0.25, 0.3) is 10.4 Å². The first-order valence-corrected chi connectivity index (χ1v) is 3.65. The van der Waals surface area contributed by atoms with Crippen molar-refractivity contribution < 1.29 is 9.90 Å². The molecule has 1 aliphatic rings. The molecular formula is C6H10N4O2. The van der Waals surface area contributed by atoms with Crippen molar-refractivity contribution in [3.05, 3.63) is 10.4 Å². The van der Waals surface area contributed by atoms with Crippen molar-refractivity contribution in [1.29, 1.82) is 0 Å².